The van der Waals surface area contributed by atoms with E-state index in [1.54, 1.807) is 6.20 Å². The standard InChI is InChI=1S/C13H18N6/c1-14-11-7-12(18-13(17-11)9-3-4-9)15-8-10-5-6-16-19(10)2/h5-7,9H,3-4,8H2,1-2H3,(H2,14,15,17,18). The number of anilines is 2. The third-order valence-corrected chi connectivity index (χ3v) is 3.32. The van der Waals surface area contributed by atoms with Crippen LogP contribution < -0.4 is 10.6 Å². The van der Waals surface area contributed by atoms with Crippen LogP contribution in [0.1, 0.15) is 30.3 Å². The van der Waals surface area contributed by atoms with Crippen LogP contribution in [0.3, 0.4) is 0 Å². The van der Waals surface area contributed by atoms with Crippen LogP contribution in [0, 0.1) is 0 Å². The van der Waals surface area contributed by atoms with Gasteiger partial charge in [0.25, 0.3) is 0 Å². The molecule has 19 heavy (non-hydrogen) atoms. The van der Waals surface area contributed by atoms with Crippen molar-refractivity contribution in [3.05, 3.63) is 29.8 Å². The highest BCUT2D eigenvalue weighted by Gasteiger charge is 2.27. The van der Waals surface area contributed by atoms with Crippen molar-refractivity contribution in [2.24, 2.45) is 7.05 Å². The predicted molar refractivity (Wildman–Crippen MR) is 74.1 cm³/mol. The molecule has 3 rings (SSSR count). The molecule has 100 valence electrons. The van der Waals surface area contributed by atoms with Crippen LogP contribution in [0.5, 0.6) is 0 Å². The van der Waals surface area contributed by atoms with Crippen LogP contribution in [-0.2, 0) is 13.6 Å². The average Bonchev–Trinajstić information content (AvgIpc) is 3.20. The highest BCUT2D eigenvalue weighted by atomic mass is 15.3. The van der Waals surface area contributed by atoms with Gasteiger partial charge in [0.05, 0.1) is 12.2 Å². The van der Waals surface area contributed by atoms with Crippen molar-refractivity contribution < 1.29 is 0 Å². The van der Waals surface area contributed by atoms with E-state index in [4.69, 9.17) is 0 Å². The van der Waals surface area contributed by atoms with E-state index in [1.807, 2.05) is 30.9 Å². The van der Waals surface area contributed by atoms with Crippen molar-refractivity contribution in [3.63, 3.8) is 0 Å². The molecule has 0 aromatic carbocycles. The smallest absolute Gasteiger partial charge is 0.136 e. The van der Waals surface area contributed by atoms with Crippen molar-refractivity contribution in [2.75, 3.05) is 17.7 Å². The van der Waals surface area contributed by atoms with E-state index in [0.29, 0.717) is 12.5 Å². The summed E-state index contributed by atoms with van der Waals surface area (Å²) in [7, 11) is 3.82. The molecule has 0 amide bonds. The zero-order chi connectivity index (χ0) is 13.2. The topological polar surface area (TPSA) is 67.7 Å². The molecule has 2 heterocycles. The fraction of sp³-hybridized carbons (Fsp3) is 0.462. The summed E-state index contributed by atoms with van der Waals surface area (Å²) in [6, 6.07) is 3.93. The van der Waals surface area contributed by atoms with Gasteiger partial charge in [-0.25, -0.2) is 9.97 Å². The molecule has 2 N–H and O–H groups in total. The molecule has 0 bridgehead atoms. The van der Waals surface area contributed by atoms with Crippen LogP contribution in [-0.4, -0.2) is 26.8 Å². The first kappa shape index (κ1) is 12.0. The number of hydrogen-bond acceptors (Lipinski definition) is 5. The lowest BCUT2D eigenvalue weighted by molar-refractivity contribution is 0.719. The van der Waals surface area contributed by atoms with Gasteiger partial charge in [0.15, 0.2) is 0 Å². The third-order valence-electron chi connectivity index (χ3n) is 3.32. The summed E-state index contributed by atoms with van der Waals surface area (Å²) in [5.74, 6) is 3.22. The van der Waals surface area contributed by atoms with Gasteiger partial charge in [-0.15, -0.1) is 0 Å². The Morgan fingerprint density at radius 2 is 2.11 bits per heavy atom. The minimum atomic E-state index is 0.547. The number of rotatable bonds is 5. The Labute approximate surface area is 112 Å². The monoisotopic (exact) mass is 258 g/mol. The van der Waals surface area contributed by atoms with Crippen LogP contribution in [0.4, 0.5) is 11.6 Å². The quantitative estimate of drug-likeness (QED) is 0.855. The van der Waals surface area contributed by atoms with Gasteiger partial charge in [-0.05, 0) is 18.9 Å². The second-order valence-corrected chi connectivity index (χ2v) is 4.82. The average molecular weight is 258 g/mol. The van der Waals surface area contributed by atoms with Gasteiger partial charge in [-0.1, -0.05) is 0 Å². The lowest BCUT2D eigenvalue weighted by Crippen LogP contribution is -2.09. The summed E-state index contributed by atoms with van der Waals surface area (Å²) in [6.07, 6.45) is 4.20. The second kappa shape index (κ2) is 4.87. The summed E-state index contributed by atoms with van der Waals surface area (Å²) < 4.78 is 1.86. The molecule has 0 radical (unpaired) electrons. The molecule has 1 aliphatic rings. The summed E-state index contributed by atoms with van der Waals surface area (Å²) in [4.78, 5) is 9.08. The first-order valence-electron chi connectivity index (χ1n) is 6.54. The van der Waals surface area contributed by atoms with E-state index in [2.05, 4.69) is 25.7 Å². The molecule has 1 saturated carbocycles. The number of nitrogens with one attached hydrogen (secondary N) is 2. The number of aromatic nitrogens is 4. The molecule has 2 aromatic heterocycles. The first-order valence-corrected chi connectivity index (χ1v) is 6.54. The van der Waals surface area contributed by atoms with E-state index in [-0.39, 0.29) is 0 Å². The lowest BCUT2D eigenvalue weighted by Gasteiger charge is -2.09. The van der Waals surface area contributed by atoms with Crippen molar-refractivity contribution in [3.8, 4) is 0 Å². The molecule has 0 saturated heterocycles. The normalized spacial score (nSPS) is 14.4. The zero-order valence-electron chi connectivity index (χ0n) is 11.2. The number of nitrogens with zero attached hydrogens (tertiary/aromatic N) is 4. The molecule has 0 spiro atoms. The summed E-state index contributed by atoms with van der Waals surface area (Å²) in [5.41, 5.74) is 1.12. The van der Waals surface area contributed by atoms with Gasteiger partial charge in [0.1, 0.15) is 17.5 Å². The maximum Gasteiger partial charge on any atom is 0.136 e. The van der Waals surface area contributed by atoms with E-state index < -0.39 is 0 Å². The van der Waals surface area contributed by atoms with Crippen molar-refractivity contribution >= 4 is 11.6 Å². The van der Waals surface area contributed by atoms with Gasteiger partial charge < -0.3 is 10.6 Å². The van der Waals surface area contributed by atoms with Gasteiger partial charge in [-0.2, -0.15) is 5.10 Å². The molecular weight excluding hydrogens is 240 g/mol. The molecule has 6 heteroatoms. The Morgan fingerprint density at radius 1 is 1.32 bits per heavy atom. The summed E-state index contributed by atoms with van der Waals surface area (Å²) >= 11 is 0. The van der Waals surface area contributed by atoms with Crippen molar-refractivity contribution in [1.82, 2.24) is 19.7 Å². The summed E-state index contributed by atoms with van der Waals surface area (Å²) in [5, 5.41) is 10.6. The van der Waals surface area contributed by atoms with E-state index in [9.17, 15) is 0 Å². The zero-order valence-corrected chi connectivity index (χ0v) is 11.2. The molecule has 0 unspecified atom stereocenters. The first-order chi connectivity index (χ1) is 9.26. The minimum Gasteiger partial charge on any atom is -0.373 e. The van der Waals surface area contributed by atoms with E-state index in [1.165, 1.54) is 12.8 Å². The van der Waals surface area contributed by atoms with E-state index in [0.717, 1.165) is 23.2 Å². The van der Waals surface area contributed by atoms with Crippen LogP contribution >= 0.6 is 0 Å². The molecular formula is C13H18N6. The van der Waals surface area contributed by atoms with Crippen molar-refractivity contribution in [1.29, 1.82) is 0 Å². The highest BCUT2D eigenvalue weighted by molar-refractivity contribution is 5.48. The molecule has 0 atom stereocenters. The molecule has 6 nitrogen and oxygen atoms in total. The number of hydrogen-bond donors (Lipinski definition) is 2. The fourth-order valence-corrected chi connectivity index (χ4v) is 1.96. The van der Waals surface area contributed by atoms with E-state index >= 15 is 0 Å². The van der Waals surface area contributed by atoms with Gasteiger partial charge >= 0.3 is 0 Å². The van der Waals surface area contributed by atoms with Crippen LogP contribution in [0.2, 0.25) is 0 Å². The molecule has 1 fully saturated rings. The van der Waals surface area contributed by atoms with Gasteiger partial charge in [0.2, 0.25) is 0 Å². The number of aryl methyl sites for hydroxylation is 1. The SMILES string of the molecule is CNc1cc(NCc2ccnn2C)nc(C2CC2)n1. The molecule has 2 aromatic rings. The Morgan fingerprint density at radius 3 is 2.74 bits per heavy atom. The van der Waals surface area contributed by atoms with Gasteiger partial charge in [-0.3, -0.25) is 4.68 Å². The second-order valence-electron chi connectivity index (χ2n) is 4.82. The minimum absolute atomic E-state index is 0.547. The summed E-state index contributed by atoms with van der Waals surface area (Å²) in [6.45, 7) is 0.709. The van der Waals surface area contributed by atoms with Crippen LogP contribution in [0.25, 0.3) is 0 Å². The Hall–Kier alpha value is -2.11. The maximum atomic E-state index is 4.58. The molecule has 0 aliphatic heterocycles. The predicted octanol–water partition coefficient (Wildman–Crippen LogP) is 1.74. The van der Waals surface area contributed by atoms with Gasteiger partial charge in [0, 0.05) is 32.3 Å². The fourth-order valence-electron chi connectivity index (χ4n) is 1.96. The lowest BCUT2D eigenvalue weighted by atomic mass is 10.3. The molecule has 1 aliphatic carbocycles. The Balaban J connectivity index is 1.76. The third kappa shape index (κ3) is 2.67. The largest absolute Gasteiger partial charge is 0.373 e. The Bertz CT molecular complexity index is 572. The van der Waals surface area contributed by atoms with Crippen molar-refractivity contribution in [2.45, 2.75) is 25.3 Å². The Kier molecular flexibility index (Phi) is 3.06. The van der Waals surface area contributed by atoms with Crippen LogP contribution in [0.15, 0.2) is 18.3 Å². The maximum absolute atomic E-state index is 4.58. The highest BCUT2D eigenvalue weighted by Crippen LogP contribution is 2.38.